The molecule has 0 aliphatic rings. The molecule has 0 aliphatic carbocycles. The first-order valence-corrected chi connectivity index (χ1v) is 6.99. The highest BCUT2D eigenvalue weighted by Gasteiger charge is 2.12. The Hall–Kier alpha value is -1.75. The molecule has 0 aliphatic heterocycles. The second-order valence-electron chi connectivity index (χ2n) is 4.57. The highest BCUT2D eigenvalue weighted by Crippen LogP contribution is 2.22. The topological polar surface area (TPSA) is 61.8 Å². The molecule has 1 rings (SSSR count). The number of phenolic OH excluding ortho intramolecular Hbond substituents is 1. The maximum absolute atomic E-state index is 12.0. The first kappa shape index (κ1) is 16.3. The van der Waals surface area contributed by atoms with Crippen molar-refractivity contribution in [3.63, 3.8) is 0 Å². The fourth-order valence-corrected chi connectivity index (χ4v) is 1.99. The summed E-state index contributed by atoms with van der Waals surface area (Å²) in [6, 6.07) is 4.61. The Morgan fingerprint density at radius 3 is 2.70 bits per heavy atom. The summed E-state index contributed by atoms with van der Waals surface area (Å²) in [6.07, 6.45) is 1.10. The Kier molecular flexibility index (Phi) is 6.87. The zero-order valence-corrected chi connectivity index (χ0v) is 12.5. The number of likely N-dealkylation sites (N-methyl/N-ethyl adjacent to an activating group) is 1. The lowest BCUT2D eigenvalue weighted by Crippen LogP contribution is -2.35. The molecule has 5 heteroatoms. The van der Waals surface area contributed by atoms with Gasteiger partial charge in [-0.2, -0.15) is 0 Å². The second-order valence-corrected chi connectivity index (χ2v) is 4.57. The number of carbonyl (C=O) groups is 1. The van der Waals surface area contributed by atoms with E-state index in [0.717, 1.165) is 26.1 Å². The smallest absolute Gasteiger partial charge is 0.255 e. The van der Waals surface area contributed by atoms with E-state index in [1.54, 1.807) is 6.07 Å². The molecule has 0 heterocycles. The van der Waals surface area contributed by atoms with Gasteiger partial charge in [0.05, 0.1) is 12.7 Å². The van der Waals surface area contributed by atoms with Crippen LogP contribution in [0.4, 0.5) is 0 Å². The number of phenols is 1. The van der Waals surface area contributed by atoms with Crippen LogP contribution in [0.1, 0.15) is 30.6 Å². The number of nitrogens with one attached hydrogen (secondary N) is 1. The Bertz CT molecular complexity index is 435. The number of amides is 1. The van der Waals surface area contributed by atoms with Gasteiger partial charge < -0.3 is 20.1 Å². The maximum atomic E-state index is 12.0. The van der Waals surface area contributed by atoms with Crippen molar-refractivity contribution in [1.29, 1.82) is 0 Å². The van der Waals surface area contributed by atoms with Gasteiger partial charge in [-0.05, 0) is 37.7 Å². The Morgan fingerprint density at radius 2 is 2.10 bits per heavy atom. The van der Waals surface area contributed by atoms with E-state index < -0.39 is 0 Å². The normalized spacial score (nSPS) is 10.6. The number of hydrogen-bond acceptors (Lipinski definition) is 4. The molecular weight excluding hydrogens is 256 g/mol. The Labute approximate surface area is 120 Å². The van der Waals surface area contributed by atoms with Crippen LogP contribution in [0.25, 0.3) is 0 Å². The van der Waals surface area contributed by atoms with Gasteiger partial charge in [0.2, 0.25) is 0 Å². The van der Waals surface area contributed by atoms with E-state index >= 15 is 0 Å². The summed E-state index contributed by atoms with van der Waals surface area (Å²) < 4.78 is 5.05. The van der Waals surface area contributed by atoms with Crippen LogP contribution in [0, 0.1) is 0 Å². The summed E-state index contributed by atoms with van der Waals surface area (Å²) in [5.74, 6) is 0.229. The number of aromatic hydroxyl groups is 1. The molecule has 0 atom stereocenters. The Balaban J connectivity index is 2.54. The highest BCUT2D eigenvalue weighted by molar-refractivity contribution is 5.97. The molecule has 20 heavy (non-hydrogen) atoms. The van der Waals surface area contributed by atoms with Gasteiger partial charge in [-0.15, -0.1) is 0 Å². The molecule has 0 radical (unpaired) electrons. The summed E-state index contributed by atoms with van der Waals surface area (Å²) >= 11 is 0. The summed E-state index contributed by atoms with van der Waals surface area (Å²) in [5.41, 5.74) is 0.239. The van der Waals surface area contributed by atoms with Crippen LogP contribution in [-0.2, 0) is 0 Å². The van der Waals surface area contributed by atoms with Crippen molar-refractivity contribution < 1.29 is 14.6 Å². The monoisotopic (exact) mass is 280 g/mol. The first-order chi connectivity index (χ1) is 9.62. The van der Waals surface area contributed by atoms with Crippen LogP contribution in [0.2, 0.25) is 0 Å². The first-order valence-electron chi connectivity index (χ1n) is 6.99. The minimum absolute atomic E-state index is 0.0378. The standard InChI is InChI=1S/C15H24N2O3/c1-4-9-17(5-2)10-8-16-15(19)13-11-12(20-3)6-7-14(13)18/h6-7,11,18H,4-5,8-10H2,1-3H3,(H,16,19). The lowest BCUT2D eigenvalue weighted by Gasteiger charge is -2.19. The van der Waals surface area contributed by atoms with Gasteiger partial charge in [0.15, 0.2) is 0 Å². The van der Waals surface area contributed by atoms with Crippen molar-refractivity contribution in [1.82, 2.24) is 10.2 Å². The molecule has 0 bridgehead atoms. The number of benzene rings is 1. The third-order valence-electron chi connectivity index (χ3n) is 3.15. The quantitative estimate of drug-likeness (QED) is 0.763. The predicted octanol–water partition coefficient (Wildman–Crippen LogP) is 1.86. The number of nitrogens with zero attached hydrogens (tertiary/aromatic N) is 1. The molecule has 2 N–H and O–H groups in total. The van der Waals surface area contributed by atoms with Crippen molar-refractivity contribution in [2.45, 2.75) is 20.3 Å². The highest BCUT2D eigenvalue weighted by atomic mass is 16.5. The molecule has 1 aromatic rings. The van der Waals surface area contributed by atoms with Crippen molar-refractivity contribution >= 4 is 5.91 Å². The molecule has 5 nitrogen and oxygen atoms in total. The third-order valence-corrected chi connectivity index (χ3v) is 3.15. The summed E-state index contributed by atoms with van der Waals surface area (Å²) in [6.45, 7) is 7.59. The van der Waals surface area contributed by atoms with Crippen LogP contribution in [-0.4, -0.2) is 49.2 Å². The molecule has 0 saturated carbocycles. The zero-order chi connectivity index (χ0) is 15.0. The van der Waals surface area contributed by atoms with E-state index in [-0.39, 0.29) is 17.2 Å². The van der Waals surface area contributed by atoms with Crippen molar-refractivity contribution in [2.24, 2.45) is 0 Å². The molecule has 0 saturated heterocycles. The number of methoxy groups -OCH3 is 1. The van der Waals surface area contributed by atoms with Gasteiger partial charge in [0.25, 0.3) is 5.91 Å². The van der Waals surface area contributed by atoms with Gasteiger partial charge in [-0.1, -0.05) is 13.8 Å². The second kappa shape index (κ2) is 8.43. The minimum Gasteiger partial charge on any atom is -0.507 e. The summed E-state index contributed by atoms with van der Waals surface area (Å²) in [5, 5.41) is 12.5. The number of ether oxygens (including phenoxy) is 1. The fourth-order valence-electron chi connectivity index (χ4n) is 1.99. The molecule has 0 fully saturated rings. The van der Waals surface area contributed by atoms with E-state index in [1.807, 2.05) is 0 Å². The van der Waals surface area contributed by atoms with Crippen LogP contribution in [0.3, 0.4) is 0 Å². The van der Waals surface area contributed by atoms with Crippen LogP contribution >= 0.6 is 0 Å². The molecule has 0 aromatic heterocycles. The van der Waals surface area contributed by atoms with Crippen molar-refractivity contribution in [3.8, 4) is 11.5 Å². The average Bonchev–Trinajstić information content (AvgIpc) is 2.46. The van der Waals surface area contributed by atoms with E-state index in [4.69, 9.17) is 4.74 Å². The molecular formula is C15H24N2O3. The number of hydrogen-bond donors (Lipinski definition) is 2. The zero-order valence-electron chi connectivity index (χ0n) is 12.5. The molecule has 112 valence electrons. The van der Waals surface area contributed by atoms with Gasteiger partial charge in [0, 0.05) is 13.1 Å². The summed E-state index contributed by atoms with van der Waals surface area (Å²) in [4.78, 5) is 14.3. The van der Waals surface area contributed by atoms with Crippen molar-refractivity contribution in [3.05, 3.63) is 23.8 Å². The minimum atomic E-state index is -0.283. The molecule has 1 aromatic carbocycles. The van der Waals surface area contributed by atoms with E-state index in [9.17, 15) is 9.90 Å². The molecule has 1 amide bonds. The lowest BCUT2D eigenvalue weighted by molar-refractivity contribution is 0.0945. The van der Waals surface area contributed by atoms with E-state index in [0.29, 0.717) is 12.3 Å². The van der Waals surface area contributed by atoms with E-state index in [1.165, 1.54) is 19.2 Å². The Morgan fingerprint density at radius 1 is 1.35 bits per heavy atom. The summed E-state index contributed by atoms with van der Waals surface area (Å²) in [7, 11) is 1.53. The van der Waals surface area contributed by atoms with Crippen LogP contribution < -0.4 is 10.1 Å². The predicted molar refractivity (Wildman–Crippen MR) is 79.4 cm³/mol. The van der Waals surface area contributed by atoms with Gasteiger partial charge in [-0.25, -0.2) is 0 Å². The van der Waals surface area contributed by atoms with E-state index in [2.05, 4.69) is 24.1 Å². The maximum Gasteiger partial charge on any atom is 0.255 e. The van der Waals surface area contributed by atoms with Crippen LogP contribution in [0.15, 0.2) is 18.2 Å². The third kappa shape index (κ3) is 4.74. The lowest BCUT2D eigenvalue weighted by atomic mass is 10.1. The van der Waals surface area contributed by atoms with Gasteiger partial charge in [-0.3, -0.25) is 4.79 Å². The largest absolute Gasteiger partial charge is 0.507 e. The van der Waals surface area contributed by atoms with Crippen molar-refractivity contribution in [2.75, 3.05) is 33.3 Å². The number of rotatable bonds is 8. The van der Waals surface area contributed by atoms with Gasteiger partial charge in [0.1, 0.15) is 11.5 Å². The fraction of sp³-hybridized carbons (Fsp3) is 0.533. The van der Waals surface area contributed by atoms with Gasteiger partial charge >= 0.3 is 0 Å². The van der Waals surface area contributed by atoms with Crippen LogP contribution in [0.5, 0.6) is 11.5 Å². The molecule has 0 unspecified atom stereocenters. The molecule has 0 spiro atoms. The SMILES string of the molecule is CCCN(CC)CCNC(=O)c1cc(OC)ccc1O. The number of carbonyl (C=O) groups excluding carboxylic acids is 1. The average molecular weight is 280 g/mol.